The number of rotatable bonds is 7. The van der Waals surface area contributed by atoms with Crippen molar-refractivity contribution in [1.82, 2.24) is 15.0 Å². The zero-order valence-electron chi connectivity index (χ0n) is 12.6. The minimum atomic E-state index is -0.203. The van der Waals surface area contributed by atoms with Crippen molar-refractivity contribution in [2.75, 3.05) is 22.4 Å². The van der Waals surface area contributed by atoms with Crippen LogP contribution in [0.2, 0.25) is 0 Å². The van der Waals surface area contributed by atoms with Gasteiger partial charge in [0, 0.05) is 6.54 Å². The number of hydroxylamine groups is 1. The highest BCUT2D eigenvalue weighted by Crippen LogP contribution is 2.14. The zero-order chi connectivity index (χ0) is 15.9. The van der Waals surface area contributed by atoms with Crippen molar-refractivity contribution >= 4 is 17.8 Å². The molecular formula is C14H20N6O2. The van der Waals surface area contributed by atoms with E-state index < -0.39 is 0 Å². The van der Waals surface area contributed by atoms with Crippen LogP contribution in [0.25, 0.3) is 0 Å². The van der Waals surface area contributed by atoms with Gasteiger partial charge in [0.05, 0.1) is 6.04 Å². The highest BCUT2D eigenvalue weighted by atomic mass is 16.5. The van der Waals surface area contributed by atoms with Crippen LogP contribution in [-0.2, 0) is 6.42 Å². The molecule has 8 heteroatoms. The highest BCUT2D eigenvalue weighted by molar-refractivity contribution is 5.41. The van der Waals surface area contributed by atoms with Crippen LogP contribution in [0.4, 0.5) is 17.8 Å². The molecule has 1 heterocycles. The molecule has 0 saturated heterocycles. The first-order valence-electron chi connectivity index (χ1n) is 7.02. The summed E-state index contributed by atoms with van der Waals surface area (Å²) in [4.78, 5) is 12.0. The Bertz CT molecular complexity index is 593. The van der Waals surface area contributed by atoms with Gasteiger partial charge in [-0.15, -0.1) is 0 Å². The molecule has 0 atom stereocenters. The third-order valence-corrected chi connectivity index (χ3v) is 2.96. The first kappa shape index (κ1) is 15.9. The summed E-state index contributed by atoms with van der Waals surface area (Å²) in [5, 5.41) is 22.8. The molecule has 118 valence electrons. The Morgan fingerprint density at radius 3 is 2.41 bits per heavy atom. The second-order valence-electron chi connectivity index (χ2n) is 5.00. The summed E-state index contributed by atoms with van der Waals surface area (Å²) in [6.07, 6.45) is 0.802. The minimum Gasteiger partial charge on any atom is -0.354 e. The van der Waals surface area contributed by atoms with Gasteiger partial charge in [0.25, 0.3) is 11.9 Å². The van der Waals surface area contributed by atoms with E-state index in [1.165, 1.54) is 5.56 Å². The Labute approximate surface area is 128 Å². The Morgan fingerprint density at radius 2 is 1.77 bits per heavy atom. The van der Waals surface area contributed by atoms with Gasteiger partial charge in [0.2, 0.25) is 5.95 Å². The standard InChI is InChI=1S/C14H20N6O2/c1-10(2)20(22)14-17-12(16-13(18-14)19-21)15-9-8-11-6-4-3-5-7-11/h3-7,10,21-22H,8-9H2,1-2H3,(H2,15,16,17,18,19). The Balaban J connectivity index is 2.05. The second-order valence-corrected chi connectivity index (χ2v) is 5.00. The molecule has 0 aliphatic carbocycles. The van der Waals surface area contributed by atoms with Gasteiger partial charge in [-0.2, -0.15) is 15.0 Å². The lowest BCUT2D eigenvalue weighted by Crippen LogP contribution is -2.29. The van der Waals surface area contributed by atoms with Gasteiger partial charge in [-0.1, -0.05) is 30.3 Å². The normalized spacial score (nSPS) is 10.6. The fraction of sp³-hybridized carbons (Fsp3) is 0.357. The van der Waals surface area contributed by atoms with Crippen LogP contribution < -0.4 is 15.9 Å². The largest absolute Gasteiger partial charge is 0.354 e. The molecule has 0 bridgehead atoms. The van der Waals surface area contributed by atoms with Crippen molar-refractivity contribution in [3.8, 4) is 0 Å². The van der Waals surface area contributed by atoms with Gasteiger partial charge in [-0.3, -0.25) is 10.4 Å². The number of nitrogens with zero attached hydrogens (tertiary/aromatic N) is 4. The Morgan fingerprint density at radius 1 is 1.09 bits per heavy atom. The van der Waals surface area contributed by atoms with Gasteiger partial charge in [0.15, 0.2) is 0 Å². The van der Waals surface area contributed by atoms with Crippen LogP contribution in [0.1, 0.15) is 19.4 Å². The Kier molecular flexibility index (Phi) is 5.45. The van der Waals surface area contributed by atoms with Gasteiger partial charge in [0.1, 0.15) is 0 Å². The van der Waals surface area contributed by atoms with E-state index >= 15 is 0 Å². The summed E-state index contributed by atoms with van der Waals surface area (Å²) < 4.78 is 0. The van der Waals surface area contributed by atoms with Crippen molar-refractivity contribution in [2.24, 2.45) is 0 Å². The summed E-state index contributed by atoms with van der Waals surface area (Å²) in [5.41, 5.74) is 3.06. The van der Waals surface area contributed by atoms with E-state index in [0.717, 1.165) is 11.5 Å². The van der Waals surface area contributed by atoms with E-state index in [-0.39, 0.29) is 23.9 Å². The number of benzene rings is 1. The van der Waals surface area contributed by atoms with Crippen LogP contribution in [0.5, 0.6) is 0 Å². The van der Waals surface area contributed by atoms with Gasteiger partial charge in [-0.05, 0) is 25.8 Å². The predicted molar refractivity (Wildman–Crippen MR) is 83.3 cm³/mol. The van der Waals surface area contributed by atoms with E-state index in [1.54, 1.807) is 13.8 Å². The predicted octanol–water partition coefficient (Wildman–Crippen LogP) is 1.93. The van der Waals surface area contributed by atoms with Crippen molar-refractivity contribution in [1.29, 1.82) is 0 Å². The van der Waals surface area contributed by atoms with Crippen LogP contribution in [0.3, 0.4) is 0 Å². The maximum absolute atomic E-state index is 9.89. The number of hydrogen-bond donors (Lipinski definition) is 4. The third kappa shape index (κ3) is 4.27. The average Bonchev–Trinajstić information content (AvgIpc) is 2.54. The maximum Gasteiger partial charge on any atom is 0.256 e. The van der Waals surface area contributed by atoms with Crippen molar-refractivity contribution in [3.63, 3.8) is 0 Å². The topological polar surface area (TPSA) is 106 Å². The molecule has 8 nitrogen and oxygen atoms in total. The molecule has 0 radical (unpaired) electrons. The molecule has 2 aromatic rings. The summed E-state index contributed by atoms with van der Waals surface area (Å²) in [7, 11) is 0. The summed E-state index contributed by atoms with van der Waals surface area (Å²) in [5.74, 6) is 0.299. The van der Waals surface area contributed by atoms with Crippen molar-refractivity contribution in [3.05, 3.63) is 35.9 Å². The number of nitrogens with one attached hydrogen (secondary N) is 2. The molecule has 0 aliphatic rings. The molecule has 22 heavy (non-hydrogen) atoms. The molecule has 4 N–H and O–H groups in total. The lowest BCUT2D eigenvalue weighted by atomic mass is 10.1. The van der Waals surface area contributed by atoms with Crippen LogP contribution >= 0.6 is 0 Å². The molecular weight excluding hydrogens is 284 g/mol. The first-order chi connectivity index (χ1) is 10.6. The molecule has 0 spiro atoms. The molecule has 0 saturated carbocycles. The number of aromatic nitrogens is 3. The van der Waals surface area contributed by atoms with Crippen LogP contribution in [0.15, 0.2) is 30.3 Å². The minimum absolute atomic E-state index is 0.0353. The molecule has 1 aromatic heterocycles. The van der Waals surface area contributed by atoms with E-state index in [1.807, 2.05) is 35.8 Å². The summed E-state index contributed by atoms with van der Waals surface area (Å²) in [6, 6.07) is 9.81. The highest BCUT2D eigenvalue weighted by Gasteiger charge is 2.14. The number of hydrogen-bond acceptors (Lipinski definition) is 8. The van der Waals surface area contributed by atoms with Gasteiger partial charge < -0.3 is 5.32 Å². The van der Waals surface area contributed by atoms with Gasteiger partial charge in [-0.25, -0.2) is 10.5 Å². The van der Waals surface area contributed by atoms with Crippen molar-refractivity contribution in [2.45, 2.75) is 26.3 Å². The zero-order valence-corrected chi connectivity index (χ0v) is 12.6. The fourth-order valence-corrected chi connectivity index (χ4v) is 1.79. The molecule has 0 amide bonds. The lowest BCUT2D eigenvalue weighted by molar-refractivity contribution is 0.222. The smallest absolute Gasteiger partial charge is 0.256 e. The van der Waals surface area contributed by atoms with E-state index in [9.17, 15) is 5.21 Å². The SMILES string of the molecule is CC(C)N(O)c1nc(NO)nc(NCCc2ccccc2)n1. The monoisotopic (exact) mass is 304 g/mol. The number of anilines is 3. The van der Waals surface area contributed by atoms with E-state index in [2.05, 4.69) is 20.3 Å². The Hall–Kier alpha value is -2.45. The molecule has 0 fully saturated rings. The molecule has 2 rings (SSSR count). The van der Waals surface area contributed by atoms with Crippen LogP contribution in [0, 0.1) is 0 Å². The molecule has 0 unspecified atom stereocenters. The van der Waals surface area contributed by atoms with E-state index in [4.69, 9.17) is 5.21 Å². The summed E-state index contributed by atoms with van der Waals surface area (Å²) in [6.45, 7) is 4.20. The van der Waals surface area contributed by atoms with Crippen LogP contribution in [-0.4, -0.2) is 38.0 Å². The second kappa shape index (κ2) is 7.53. The average molecular weight is 304 g/mol. The quantitative estimate of drug-likeness (QED) is 0.575. The molecule has 1 aromatic carbocycles. The fourth-order valence-electron chi connectivity index (χ4n) is 1.79. The maximum atomic E-state index is 9.89. The van der Waals surface area contributed by atoms with Crippen molar-refractivity contribution < 1.29 is 10.4 Å². The first-order valence-corrected chi connectivity index (χ1v) is 7.02. The van der Waals surface area contributed by atoms with E-state index in [0.29, 0.717) is 6.54 Å². The lowest BCUT2D eigenvalue weighted by Gasteiger charge is -2.19. The molecule has 0 aliphatic heterocycles. The third-order valence-electron chi connectivity index (χ3n) is 2.96. The van der Waals surface area contributed by atoms with Gasteiger partial charge >= 0.3 is 0 Å². The summed E-state index contributed by atoms with van der Waals surface area (Å²) >= 11 is 0.